The van der Waals surface area contributed by atoms with Crippen molar-refractivity contribution in [2.24, 2.45) is 0 Å². The molecule has 0 saturated carbocycles. The number of hydrogen-bond acceptors (Lipinski definition) is 4. The third kappa shape index (κ3) is 2.53. The van der Waals surface area contributed by atoms with Crippen LogP contribution in [0.5, 0.6) is 5.75 Å². The van der Waals surface area contributed by atoms with Crippen molar-refractivity contribution in [3.05, 3.63) is 42.5 Å². The van der Waals surface area contributed by atoms with Gasteiger partial charge in [-0.05, 0) is 25.1 Å². The molecule has 0 bridgehead atoms. The number of pyridine rings is 1. The lowest BCUT2D eigenvalue weighted by Crippen LogP contribution is -2.03. The van der Waals surface area contributed by atoms with Crippen LogP contribution in [0, 0.1) is 0 Å². The van der Waals surface area contributed by atoms with Crippen molar-refractivity contribution in [1.82, 2.24) is 4.98 Å². The van der Waals surface area contributed by atoms with Gasteiger partial charge in [-0.3, -0.25) is 0 Å². The van der Waals surface area contributed by atoms with Gasteiger partial charge in [0.2, 0.25) is 0 Å². The number of nitrogens with zero attached hydrogens (tertiary/aromatic N) is 1. The molecule has 16 heavy (non-hydrogen) atoms. The molecule has 0 saturated heterocycles. The van der Waals surface area contributed by atoms with E-state index in [4.69, 9.17) is 9.15 Å². The molecular formula is C12H14N2O2. The van der Waals surface area contributed by atoms with Gasteiger partial charge in [-0.1, -0.05) is 0 Å². The molecule has 0 aromatic carbocycles. The fourth-order valence-corrected chi connectivity index (χ4v) is 1.37. The predicted molar refractivity (Wildman–Crippen MR) is 61.4 cm³/mol. The maximum absolute atomic E-state index is 5.46. The molecule has 2 rings (SSSR count). The molecule has 84 valence electrons. The van der Waals surface area contributed by atoms with E-state index in [2.05, 4.69) is 10.3 Å². The average Bonchev–Trinajstić information content (AvgIpc) is 2.81. The summed E-state index contributed by atoms with van der Waals surface area (Å²) >= 11 is 0. The third-order valence-corrected chi connectivity index (χ3v) is 2.11. The highest BCUT2D eigenvalue weighted by Gasteiger charge is 2.03. The first-order valence-corrected chi connectivity index (χ1v) is 5.23. The zero-order valence-corrected chi connectivity index (χ0v) is 9.14. The normalized spacial score (nSPS) is 10.1. The lowest BCUT2D eigenvalue weighted by atomic mass is 10.3. The second-order valence-electron chi connectivity index (χ2n) is 3.27. The molecular weight excluding hydrogens is 204 g/mol. The van der Waals surface area contributed by atoms with Crippen LogP contribution in [0.3, 0.4) is 0 Å². The highest BCUT2D eigenvalue weighted by Crippen LogP contribution is 2.21. The highest BCUT2D eigenvalue weighted by molar-refractivity contribution is 5.49. The Morgan fingerprint density at radius 1 is 1.44 bits per heavy atom. The second-order valence-corrected chi connectivity index (χ2v) is 3.27. The van der Waals surface area contributed by atoms with Gasteiger partial charge in [0.1, 0.15) is 0 Å². The summed E-state index contributed by atoms with van der Waals surface area (Å²) < 4.78 is 10.4. The molecule has 0 aliphatic carbocycles. The first-order chi connectivity index (χ1) is 7.90. The number of hydrogen-bond donors (Lipinski definition) is 1. The number of furan rings is 1. The minimum absolute atomic E-state index is 0.631. The molecule has 0 amide bonds. The van der Waals surface area contributed by atoms with E-state index in [-0.39, 0.29) is 0 Å². The largest absolute Gasteiger partial charge is 0.490 e. The summed E-state index contributed by atoms with van der Waals surface area (Å²) in [4.78, 5) is 4.23. The van der Waals surface area contributed by atoms with E-state index in [1.54, 1.807) is 18.7 Å². The Labute approximate surface area is 94.3 Å². The van der Waals surface area contributed by atoms with E-state index in [9.17, 15) is 0 Å². The SMILES string of the molecule is CCOc1cccnc1NCc1ccoc1. The van der Waals surface area contributed by atoms with E-state index >= 15 is 0 Å². The van der Waals surface area contributed by atoms with E-state index in [0.717, 1.165) is 17.1 Å². The van der Waals surface area contributed by atoms with Crippen molar-refractivity contribution in [2.75, 3.05) is 11.9 Å². The van der Waals surface area contributed by atoms with Gasteiger partial charge >= 0.3 is 0 Å². The summed E-state index contributed by atoms with van der Waals surface area (Å²) in [5.74, 6) is 1.53. The minimum atomic E-state index is 0.631. The summed E-state index contributed by atoms with van der Waals surface area (Å²) in [6.07, 6.45) is 5.09. The second kappa shape index (κ2) is 5.21. The summed E-state index contributed by atoms with van der Waals surface area (Å²) in [7, 11) is 0. The Balaban J connectivity index is 2.03. The van der Waals surface area contributed by atoms with Crippen molar-refractivity contribution >= 4 is 5.82 Å². The number of anilines is 1. The zero-order valence-electron chi connectivity index (χ0n) is 9.14. The molecule has 0 radical (unpaired) electrons. The van der Waals surface area contributed by atoms with Crippen molar-refractivity contribution < 1.29 is 9.15 Å². The lowest BCUT2D eigenvalue weighted by Gasteiger charge is -2.09. The standard InChI is InChI=1S/C12H14N2O2/c1-2-16-11-4-3-6-13-12(11)14-8-10-5-7-15-9-10/h3-7,9H,2,8H2,1H3,(H,13,14). The number of aromatic nitrogens is 1. The molecule has 4 heteroatoms. The molecule has 1 N–H and O–H groups in total. The molecule has 0 fully saturated rings. The molecule has 2 heterocycles. The van der Waals surface area contributed by atoms with Crippen LogP contribution in [0.4, 0.5) is 5.82 Å². The summed E-state index contributed by atoms with van der Waals surface area (Å²) in [6.45, 7) is 3.26. The van der Waals surface area contributed by atoms with Crippen LogP contribution in [0.15, 0.2) is 41.3 Å². The van der Waals surface area contributed by atoms with Crippen LogP contribution in [0.25, 0.3) is 0 Å². The number of nitrogens with one attached hydrogen (secondary N) is 1. The fourth-order valence-electron chi connectivity index (χ4n) is 1.37. The topological polar surface area (TPSA) is 47.3 Å². The average molecular weight is 218 g/mol. The maximum atomic E-state index is 5.46. The Morgan fingerprint density at radius 3 is 3.12 bits per heavy atom. The summed E-state index contributed by atoms with van der Waals surface area (Å²) in [5, 5.41) is 3.20. The van der Waals surface area contributed by atoms with Gasteiger partial charge in [-0.25, -0.2) is 4.98 Å². The number of ether oxygens (including phenoxy) is 1. The molecule has 0 aliphatic rings. The maximum Gasteiger partial charge on any atom is 0.169 e. The molecule has 2 aromatic heterocycles. The van der Waals surface area contributed by atoms with E-state index < -0.39 is 0 Å². The third-order valence-electron chi connectivity index (χ3n) is 2.11. The Bertz CT molecular complexity index is 426. The van der Waals surface area contributed by atoms with E-state index in [1.165, 1.54) is 0 Å². The molecule has 0 spiro atoms. The fraction of sp³-hybridized carbons (Fsp3) is 0.250. The van der Waals surface area contributed by atoms with Gasteiger partial charge in [0.05, 0.1) is 19.1 Å². The predicted octanol–water partition coefficient (Wildman–Crippen LogP) is 2.69. The van der Waals surface area contributed by atoms with Crippen LogP contribution >= 0.6 is 0 Å². The first kappa shape index (κ1) is 10.5. The van der Waals surface area contributed by atoms with Gasteiger partial charge < -0.3 is 14.5 Å². The van der Waals surface area contributed by atoms with Gasteiger partial charge in [0.25, 0.3) is 0 Å². The van der Waals surface area contributed by atoms with Crippen LogP contribution in [-0.2, 0) is 6.54 Å². The van der Waals surface area contributed by atoms with Gasteiger partial charge in [-0.15, -0.1) is 0 Å². The van der Waals surface area contributed by atoms with E-state index in [0.29, 0.717) is 13.2 Å². The molecule has 0 atom stereocenters. The zero-order chi connectivity index (χ0) is 11.2. The van der Waals surface area contributed by atoms with Crippen molar-refractivity contribution in [2.45, 2.75) is 13.5 Å². The van der Waals surface area contributed by atoms with Crippen LogP contribution < -0.4 is 10.1 Å². The lowest BCUT2D eigenvalue weighted by molar-refractivity contribution is 0.340. The smallest absolute Gasteiger partial charge is 0.169 e. The van der Waals surface area contributed by atoms with Gasteiger partial charge in [-0.2, -0.15) is 0 Å². The van der Waals surface area contributed by atoms with Crippen molar-refractivity contribution in [3.63, 3.8) is 0 Å². The van der Waals surface area contributed by atoms with Crippen LogP contribution in [0.1, 0.15) is 12.5 Å². The Hall–Kier alpha value is -1.97. The van der Waals surface area contributed by atoms with Gasteiger partial charge in [0, 0.05) is 18.3 Å². The first-order valence-electron chi connectivity index (χ1n) is 5.23. The molecule has 2 aromatic rings. The number of rotatable bonds is 5. The minimum Gasteiger partial charge on any atom is -0.490 e. The molecule has 0 unspecified atom stereocenters. The van der Waals surface area contributed by atoms with Crippen molar-refractivity contribution in [1.29, 1.82) is 0 Å². The Morgan fingerprint density at radius 2 is 2.38 bits per heavy atom. The van der Waals surface area contributed by atoms with E-state index in [1.807, 2.05) is 25.1 Å². The molecule has 4 nitrogen and oxygen atoms in total. The quantitative estimate of drug-likeness (QED) is 0.838. The summed E-state index contributed by atoms with van der Waals surface area (Å²) in [6, 6.07) is 5.67. The Kier molecular flexibility index (Phi) is 3.43. The highest BCUT2D eigenvalue weighted by atomic mass is 16.5. The van der Waals surface area contributed by atoms with Crippen molar-refractivity contribution in [3.8, 4) is 5.75 Å². The monoisotopic (exact) mass is 218 g/mol. The van der Waals surface area contributed by atoms with Crippen LogP contribution in [0.2, 0.25) is 0 Å². The molecule has 0 aliphatic heterocycles. The van der Waals surface area contributed by atoms with Gasteiger partial charge in [0.15, 0.2) is 11.6 Å². The summed E-state index contributed by atoms with van der Waals surface area (Å²) in [5.41, 5.74) is 1.08. The van der Waals surface area contributed by atoms with Crippen LogP contribution in [-0.4, -0.2) is 11.6 Å².